The maximum absolute atomic E-state index is 12.1. The van der Waals surface area contributed by atoms with Gasteiger partial charge in [-0.25, -0.2) is 19.2 Å². The molecule has 6 aliphatic rings. The Morgan fingerprint density at radius 1 is 0.308 bits per heavy atom. The van der Waals surface area contributed by atoms with E-state index >= 15 is 0 Å². The zero-order valence-corrected chi connectivity index (χ0v) is 27.9. The standard InChI is InChI=1S/2C16H18N2O8/c2*19-11-5-6-12(20)17(11)25-15(23)9-1-2-10(4-3-9)16(24)26-18-13(21)7-8-14(18)22/h2*9-10H,1-8H2. The maximum Gasteiger partial charge on any atom is 0.336 e. The lowest BCUT2D eigenvalue weighted by molar-refractivity contribution is -0.204. The van der Waals surface area contributed by atoms with Gasteiger partial charge in [0.2, 0.25) is 0 Å². The average molecular weight is 733 g/mol. The molecule has 0 N–H and O–H groups in total. The number of hydrogen-bond acceptors (Lipinski definition) is 16. The van der Waals surface area contributed by atoms with E-state index in [2.05, 4.69) is 0 Å². The van der Waals surface area contributed by atoms with Gasteiger partial charge in [0.05, 0.1) is 23.7 Å². The Balaban J connectivity index is 0.000000201. The molecular formula is C32H36N4O16. The first-order chi connectivity index (χ1) is 24.7. The number of carbonyl (C=O) groups is 12. The smallest absolute Gasteiger partial charge is 0.330 e. The van der Waals surface area contributed by atoms with E-state index in [0.29, 0.717) is 71.6 Å². The van der Waals surface area contributed by atoms with Crippen molar-refractivity contribution in [2.75, 3.05) is 0 Å². The first-order valence-electron chi connectivity index (χ1n) is 17.0. The number of carbonyl (C=O) groups excluding carboxylic acids is 12. The predicted octanol–water partition coefficient (Wildman–Crippen LogP) is 0.0144. The zero-order chi connectivity index (χ0) is 37.7. The largest absolute Gasteiger partial charge is 0.336 e. The van der Waals surface area contributed by atoms with E-state index in [1.165, 1.54) is 0 Å². The minimum absolute atomic E-state index is 0.0264. The van der Waals surface area contributed by atoms with Gasteiger partial charge in [0.1, 0.15) is 0 Å². The van der Waals surface area contributed by atoms with Gasteiger partial charge in [0.15, 0.2) is 0 Å². The van der Waals surface area contributed by atoms with Crippen molar-refractivity contribution in [2.45, 2.75) is 103 Å². The Kier molecular flexibility index (Phi) is 11.7. The van der Waals surface area contributed by atoms with Gasteiger partial charge in [-0.05, 0) is 51.4 Å². The van der Waals surface area contributed by atoms with E-state index in [9.17, 15) is 57.5 Å². The van der Waals surface area contributed by atoms with Gasteiger partial charge in [-0.3, -0.25) is 38.4 Å². The van der Waals surface area contributed by atoms with Crippen LogP contribution in [0.3, 0.4) is 0 Å². The minimum Gasteiger partial charge on any atom is -0.330 e. The highest BCUT2D eigenvalue weighted by molar-refractivity contribution is 6.03. The topological polar surface area (TPSA) is 255 Å². The third kappa shape index (κ3) is 8.65. The highest BCUT2D eigenvalue weighted by atomic mass is 16.7. The fourth-order valence-corrected chi connectivity index (χ4v) is 6.42. The van der Waals surface area contributed by atoms with Crippen LogP contribution >= 0.6 is 0 Å². The van der Waals surface area contributed by atoms with E-state index in [1.807, 2.05) is 0 Å². The lowest BCUT2D eigenvalue weighted by Gasteiger charge is -2.27. The van der Waals surface area contributed by atoms with Gasteiger partial charge in [-0.1, -0.05) is 0 Å². The van der Waals surface area contributed by atoms with Crippen LogP contribution in [0.4, 0.5) is 0 Å². The van der Waals surface area contributed by atoms with E-state index in [4.69, 9.17) is 19.4 Å². The molecular weight excluding hydrogens is 696 g/mol. The molecule has 0 radical (unpaired) electrons. The molecule has 8 amide bonds. The molecule has 4 saturated heterocycles. The summed E-state index contributed by atoms with van der Waals surface area (Å²) in [6.07, 6.45) is 2.74. The Bertz CT molecular complexity index is 1300. The molecule has 0 aromatic carbocycles. The molecule has 6 fully saturated rings. The predicted molar refractivity (Wildman–Crippen MR) is 160 cm³/mol. The summed E-state index contributed by atoms with van der Waals surface area (Å²) in [5, 5.41) is 2.03. The molecule has 20 heteroatoms. The molecule has 0 atom stereocenters. The number of nitrogens with zero attached hydrogens (tertiary/aromatic N) is 4. The average Bonchev–Trinajstić information content (AvgIpc) is 3.84. The van der Waals surface area contributed by atoms with Gasteiger partial charge in [-0.2, -0.15) is 0 Å². The molecule has 4 heterocycles. The SMILES string of the molecule is O=C(ON1C(=O)CCC1=O)C1CCC(C(=O)ON2C(=O)CCC2=O)CC1.O=C(ON1C(=O)CCC1=O)C1CCC(C(=O)ON2C(=O)CCC2=O)CC1. The fourth-order valence-electron chi connectivity index (χ4n) is 6.42. The fraction of sp³-hybridized carbons (Fsp3) is 0.625. The quantitative estimate of drug-likeness (QED) is 0.298. The molecule has 0 unspecified atom stereocenters. The van der Waals surface area contributed by atoms with Gasteiger partial charge in [-0.15, -0.1) is 20.3 Å². The van der Waals surface area contributed by atoms with Crippen LogP contribution in [0.15, 0.2) is 0 Å². The molecule has 52 heavy (non-hydrogen) atoms. The first kappa shape index (κ1) is 37.7. The van der Waals surface area contributed by atoms with Crippen molar-refractivity contribution in [1.29, 1.82) is 0 Å². The van der Waals surface area contributed by atoms with Crippen molar-refractivity contribution in [3.63, 3.8) is 0 Å². The minimum atomic E-state index is -0.676. The van der Waals surface area contributed by atoms with Gasteiger partial charge >= 0.3 is 23.9 Å². The molecule has 0 spiro atoms. The lowest BCUT2D eigenvalue weighted by atomic mass is 9.82. The maximum atomic E-state index is 12.1. The van der Waals surface area contributed by atoms with Crippen LogP contribution in [-0.4, -0.2) is 91.4 Å². The number of amides is 8. The Morgan fingerprint density at radius 2 is 0.442 bits per heavy atom. The van der Waals surface area contributed by atoms with E-state index in [0.717, 1.165) is 0 Å². The molecule has 4 aliphatic heterocycles. The second-order valence-corrected chi connectivity index (χ2v) is 13.1. The van der Waals surface area contributed by atoms with Crippen LogP contribution < -0.4 is 0 Å². The highest BCUT2D eigenvalue weighted by Gasteiger charge is 2.41. The van der Waals surface area contributed by atoms with Crippen LogP contribution in [0.1, 0.15) is 103 Å². The summed E-state index contributed by atoms with van der Waals surface area (Å²) in [5.74, 6) is -9.16. The molecule has 6 rings (SSSR count). The summed E-state index contributed by atoms with van der Waals surface area (Å²) in [6, 6.07) is 0. The normalized spacial score (nSPS) is 26.5. The molecule has 0 aromatic rings. The van der Waals surface area contributed by atoms with E-state index in [1.54, 1.807) is 0 Å². The highest BCUT2D eigenvalue weighted by Crippen LogP contribution is 2.33. The van der Waals surface area contributed by atoms with Crippen molar-refractivity contribution in [3.05, 3.63) is 0 Å². The van der Waals surface area contributed by atoms with Crippen LogP contribution in [0, 0.1) is 23.7 Å². The summed E-state index contributed by atoms with van der Waals surface area (Å²) in [7, 11) is 0. The molecule has 0 aromatic heterocycles. The second kappa shape index (κ2) is 16.2. The third-order valence-corrected chi connectivity index (χ3v) is 9.54. The summed E-state index contributed by atoms with van der Waals surface area (Å²) in [6.45, 7) is 0. The summed E-state index contributed by atoms with van der Waals surface area (Å²) in [5.41, 5.74) is 0. The zero-order valence-electron chi connectivity index (χ0n) is 27.9. The number of rotatable bonds is 8. The number of hydrogen-bond donors (Lipinski definition) is 0. The third-order valence-electron chi connectivity index (χ3n) is 9.54. The number of imide groups is 4. The van der Waals surface area contributed by atoms with Crippen LogP contribution in [-0.2, 0) is 76.9 Å². The van der Waals surface area contributed by atoms with Crippen LogP contribution in [0.2, 0.25) is 0 Å². The molecule has 280 valence electrons. The molecule has 0 bridgehead atoms. The van der Waals surface area contributed by atoms with E-state index in [-0.39, 0.29) is 51.4 Å². The number of hydroxylamine groups is 8. The van der Waals surface area contributed by atoms with Gasteiger partial charge < -0.3 is 19.4 Å². The van der Waals surface area contributed by atoms with Crippen LogP contribution in [0.5, 0.6) is 0 Å². The van der Waals surface area contributed by atoms with E-state index < -0.39 is 94.8 Å². The summed E-state index contributed by atoms with van der Waals surface area (Å²) in [4.78, 5) is 160. The lowest BCUT2D eigenvalue weighted by Crippen LogP contribution is -2.38. The summed E-state index contributed by atoms with van der Waals surface area (Å²) >= 11 is 0. The van der Waals surface area contributed by atoms with Crippen molar-refractivity contribution in [3.8, 4) is 0 Å². The van der Waals surface area contributed by atoms with Crippen molar-refractivity contribution in [1.82, 2.24) is 20.3 Å². The Labute approximate surface area is 294 Å². The van der Waals surface area contributed by atoms with Crippen molar-refractivity contribution >= 4 is 71.1 Å². The van der Waals surface area contributed by atoms with Gasteiger partial charge in [0, 0.05) is 51.4 Å². The first-order valence-corrected chi connectivity index (χ1v) is 17.0. The van der Waals surface area contributed by atoms with Gasteiger partial charge in [0.25, 0.3) is 47.3 Å². The molecule has 2 saturated carbocycles. The molecule has 2 aliphatic carbocycles. The Morgan fingerprint density at radius 3 is 0.577 bits per heavy atom. The van der Waals surface area contributed by atoms with Crippen molar-refractivity contribution in [2.24, 2.45) is 23.7 Å². The Hall–Kier alpha value is -5.56. The second-order valence-electron chi connectivity index (χ2n) is 13.1. The van der Waals surface area contributed by atoms with Crippen LogP contribution in [0.25, 0.3) is 0 Å². The molecule has 20 nitrogen and oxygen atoms in total. The monoisotopic (exact) mass is 732 g/mol. The summed E-state index contributed by atoms with van der Waals surface area (Å²) < 4.78 is 0. The van der Waals surface area contributed by atoms with Crippen molar-refractivity contribution < 1.29 is 76.9 Å².